The first kappa shape index (κ1) is 21.8. The van der Waals surface area contributed by atoms with E-state index in [4.69, 9.17) is 11.6 Å². The third-order valence-electron chi connectivity index (χ3n) is 4.11. The molecule has 3 rings (SSSR count). The van der Waals surface area contributed by atoms with E-state index in [1.165, 1.54) is 0 Å². The first-order valence-electron chi connectivity index (χ1n) is 7.88. The van der Waals surface area contributed by atoms with E-state index in [0.29, 0.717) is 24.5 Å². The molecule has 5 nitrogen and oxygen atoms in total. The highest BCUT2D eigenvalue weighted by molar-refractivity contribution is 6.30. The average Bonchev–Trinajstić information content (AvgIpc) is 2.98. The predicted molar refractivity (Wildman–Crippen MR) is 105 cm³/mol. The molecule has 1 N–H and O–H groups in total. The van der Waals surface area contributed by atoms with E-state index in [1.54, 1.807) is 0 Å². The molecule has 1 fully saturated rings. The van der Waals surface area contributed by atoms with Crippen molar-refractivity contribution in [1.29, 1.82) is 0 Å². The Morgan fingerprint density at radius 3 is 2.88 bits per heavy atom. The molecule has 2 aromatic rings. The zero-order chi connectivity index (χ0) is 16.2. The van der Waals surface area contributed by atoms with Crippen LogP contribution in [0.1, 0.15) is 23.6 Å². The lowest BCUT2D eigenvalue weighted by Gasteiger charge is -2.36. The van der Waals surface area contributed by atoms with Gasteiger partial charge in [-0.1, -0.05) is 23.7 Å². The number of carbonyl (C=O) groups is 1. The molecule has 1 amide bonds. The van der Waals surface area contributed by atoms with Crippen molar-refractivity contribution in [3.63, 3.8) is 0 Å². The number of halogens is 3. The smallest absolute Gasteiger partial charge is 0.225 e. The standard InChI is InChI=1S/C17H21ClN4O.2ClH/c1-13-10-20-21(12-13)7-5-17(23)22-8-6-19-11-16(22)14-3-2-4-15(18)9-14;;/h2-4,9-10,12,16,19H,5-8,11H2,1H3;2*1H. The summed E-state index contributed by atoms with van der Waals surface area (Å²) in [5, 5.41) is 8.30. The molecular formula is C17H23Cl3N4O. The van der Waals surface area contributed by atoms with Gasteiger partial charge in [-0.25, -0.2) is 0 Å². The summed E-state index contributed by atoms with van der Waals surface area (Å²) < 4.78 is 1.82. The van der Waals surface area contributed by atoms with Crippen LogP contribution in [-0.4, -0.2) is 40.2 Å². The highest BCUT2D eigenvalue weighted by Gasteiger charge is 2.27. The number of hydrogen-bond acceptors (Lipinski definition) is 3. The Balaban J connectivity index is 0.00000156. The number of hydrogen-bond donors (Lipinski definition) is 1. The van der Waals surface area contributed by atoms with Crippen molar-refractivity contribution in [3.05, 3.63) is 52.8 Å². The summed E-state index contributed by atoms with van der Waals surface area (Å²) in [4.78, 5) is 14.6. The van der Waals surface area contributed by atoms with Gasteiger partial charge in [0.2, 0.25) is 5.91 Å². The number of benzene rings is 1. The van der Waals surface area contributed by atoms with Crippen LogP contribution in [0.4, 0.5) is 0 Å². The van der Waals surface area contributed by atoms with Gasteiger partial charge >= 0.3 is 0 Å². The minimum atomic E-state index is 0. The summed E-state index contributed by atoms with van der Waals surface area (Å²) in [5.41, 5.74) is 2.18. The molecule has 1 aliphatic heterocycles. The molecule has 1 unspecified atom stereocenters. The molecule has 25 heavy (non-hydrogen) atoms. The second-order valence-electron chi connectivity index (χ2n) is 5.89. The Kier molecular flexibility index (Phi) is 8.73. The molecule has 2 heterocycles. The van der Waals surface area contributed by atoms with E-state index in [9.17, 15) is 4.79 Å². The first-order chi connectivity index (χ1) is 11.1. The van der Waals surface area contributed by atoms with Crippen LogP contribution >= 0.6 is 36.4 Å². The molecule has 1 aliphatic rings. The summed E-state index contributed by atoms with van der Waals surface area (Å²) in [6.07, 6.45) is 4.22. The number of nitrogens with one attached hydrogen (secondary N) is 1. The molecule has 1 aromatic heterocycles. The molecule has 0 bridgehead atoms. The lowest BCUT2D eigenvalue weighted by molar-refractivity contribution is -0.134. The van der Waals surface area contributed by atoms with E-state index in [2.05, 4.69) is 10.4 Å². The minimum absolute atomic E-state index is 0. The summed E-state index contributed by atoms with van der Waals surface area (Å²) in [5.74, 6) is 0.157. The lowest BCUT2D eigenvalue weighted by atomic mass is 10.0. The van der Waals surface area contributed by atoms with E-state index in [0.717, 1.165) is 24.2 Å². The number of carbonyl (C=O) groups excluding carboxylic acids is 1. The molecule has 0 spiro atoms. The molecule has 1 saturated heterocycles. The second kappa shape index (κ2) is 10.0. The topological polar surface area (TPSA) is 50.2 Å². The maximum Gasteiger partial charge on any atom is 0.225 e. The Bertz CT molecular complexity index is 692. The van der Waals surface area contributed by atoms with Gasteiger partial charge in [0.15, 0.2) is 0 Å². The number of amides is 1. The van der Waals surface area contributed by atoms with Crippen LogP contribution in [0.25, 0.3) is 0 Å². The van der Waals surface area contributed by atoms with E-state index in [1.807, 2.05) is 53.2 Å². The van der Waals surface area contributed by atoms with Gasteiger partial charge in [0, 0.05) is 43.8 Å². The predicted octanol–water partition coefficient (Wildman–Crippen LogP) is 3.25. The van der Waals surface area contributed by atoms with Gasteiger partial charge in [0.05, 0.1) is 12.2 Å². The maximum absolute atomic E-state index is 12.7. The van der Waals surface area contributed by atoms with Crippen LogP contribution in [0.15, 0.2) is 36.7 Å². The third-order valence-corrected chi connectivity index (χ3v) is 4.35. The van der Waals surface area contributed by atoms with Crippen LogP contribution < -0.4 is 5.32 Å². The molecule has 138 valence electrons. The van der Waals surface area contributed by atoms with Crippen LogP contribution in [-0.2, 0) is 11.3 Å². The van der Waals surface area contributed by atoms with Gasteiger partial charge in [0.25, 0.3) is 0 Å². The normalized spacial score (nSPS) is 16.7. The van der Waals surface area contributed by atoms with Crippen molar-refractivity contribution in [2.45, 2.75) is 25.9 Å². The summed E-state index contributed by atoms with van der Waals surface area (Å²) >= 11 is 6.10. The van der Waals surface area contributed by atoms with Crippen molar-refractivity contribution in [1.82, 2.24) is 20.0 Å². The average molecular weight is 406 g/mol. The summed E-state index contributed by atoms with van der Waals surface area (Å²) in [6, 6.07) is 7.79. The number of nitrogens with zero attached hydrogens (tertiary/aromatic N) is 3. The Labute approximate surface area is 165 Å². The molecular weight excluding hydrogens is 383 g/mol. The third kappa shape index (κ3) is 5.61. The largest absolute Gasteiger partial charge is 0.333 e. The fraction of sp³-hybridized carbons (Fsp3) is 0.412. The Hall–Kier alpha value is -1.27. The number of aryl methyl sites for hydroxylation is 2. The molecule has 0 saturated carbocycles. The second-order valence-corrected chi connectivity index (χ2v) is 6.33. The van der Waals surface area contributed by atoms with Crippen LogP contribution in [0.5, 0.6) is 0 Å². The van der Waals surface area contributed by atoms with Crippen molar-refractivity contribution >= 4 is 42.3 Å². The number of rotatable bonds is 4. The van der Waals surface area contributed by atoms with Crippen molar-refractivity contribution in [2.24, 2.45) is 0 Å². The summed E-state index contributed by atoms with van der Waals surface area (Å²) in [6.45, 7) is 4.90. The quantitative estimate of drug-likeness (QED) is 0.849. The number of piperazine rings is 1. The SMILES string of the molecule is Cc1cnn(CCC(=O)N2CCNCC2c2cccc(Cl)c2)c1.Cl.Cl. The molecule has 1 atom stereocenters. The van der Waals surface area contributed by atoms with Crippen LogP contribution in [0.3, 0.4) is 0 Å². The molecule has 0 aliphatic carbocycles. The van der Waals surface area contributed by atoms with E-state index < -0.39 is 0 Å². The zero-order valence-corrected chi connectivity index (χ0v) is 16.4. The highest BCUT2D eigenvalue weighted by atomic mass is 35.5. The molecule has 8 heteroatoms. The van der Waals surface area contributed by atoms with Crippen molar-refractivity contribution < 1.29 is 4.79 Å². The molecule has 1 aromatic carbocycles. The highest BCUT2D eigenvalue weighted by Crippen LogP contribution is 2.25. The van der Waals surface area contributed by atoms with Gasteiger partial charge < -0.3 is 10.2 Å². The van der Waals surface area contributed by atoms with Gasteiger partial charge in [-0.15, -0.1) is 24.8 Å². The fourth-order valence-corrected chi connectivity index (χ4v) is 3.16. The Morgan fingerprint density at radius 1 is 1.40 bits per heavy atom. The Morgan fingerprint density at radius 2 is 2.20 bits per heavy atom. The monoisotopic (exact) mass is 404 g/mol. The van der Waals surface area contributed by atoms with Gasteiger partial charge in [-0.2, -0.15) is 5.10 Å². The van der Waals surface area contributed by atoms with Crippen LogP contribution in [0, 0.1) is 6.92 Å². The number of aromatic nitrogens is 2. The maximum atomic E-state index is 12.7. The van der Waals surface area contributed by atoms with Gasteiger partial charge in [-0.3, -0.25) is 9.48 Å². The molecule has 0 radical (unpaired) electrons. The minimum Gasteiger partial charge on any atom is -0.333 e. The summed E-state index contributed by atoms with van der Waals surface area (Å²) in [7, 11) is 0. The lowest BCUT2D eigenvalue weighted by Crippen LogP contribution is -2.48. The first-order valence-corrected chi connectivity index (χ1v) is 8.26. The van der Waals surface area contributed by atoms with Crippen LogP contribution in [0.2, 0.25) is 5.02 Å². The van der Waals surface area contributed by atoms with Gasteiger partial charge in [-0.05, 0) is 30.2 Å². The van der Waals surface area contributed by atoms with E-state index >= 15 is 0 Å². The fourth-order valence-electron chi connectivity index (χ4n) is 2.96. The van der Waals surface area contributed by atoms with Gasteiger partial charge in [0.1, 0.15) is 0 Å². The van der Waals surface area contributed by atoms with Crippen molar-refractivity contribution in [2.75, 3.05) is 19.6 Å². The van der Waals surface area contributed by atoms with E-state index in [-0.39, 0.29) is 36.8 Å². The zero-order valence-electron chi connectivity index (χ0n) is 14.0. The van der Waals surface area contributed by atoms with Crippen molar-refractivity contribution in [3.8, 4) is 0 Å².